The van der Waals surface area contributed by atoms with Crippen molar-refractivity contribution >= 4 is 11.3 Å². The van der Waals surface area contributed by atoms with Crippen LogP contribution in [0, 0.1) is 0 Å². The summed E-state index contributed by atoms with van der Waals surface area (Å²) >= 11 is 0. The van der Waals surface area contributed by atoms with Crippen molar-refractivity contribution in [3.05, 3.63) is 35.9 Å². The Morgan fingerprint density at radius 3 is 2.71 bits per heavy atom. The number of rotatable bonds is 2. The number of anilines is 1. The molecule has 0 aliphatic carbocycles. The van der Waals surface area contributed by atoms with Gasteiger partial charge in [-0.3, -0.25) is 0 Å². The SMILES string of the molecule is CCC1=CC(CC)Nc2ccccc21. The zero-order valence-corrected chi connectivity index (χ0v) is 8.88. The summed E-state index contributed by atoms with van der Waals surface area (Å²) in [7, 11) is 0. The van der Waals surface area contributed by atoms with E-state index in [2.05, 4.69) is 49.5 Å². The van der Waals surface area contributed by atoms with Gasteiger partial charge in [-0.05, 0) is 24.5 Å². The van der Waals surface area contributed by atoms with Crippen LogP contribution in [0.5, 0.6) is 0 Å². The summed E-state index contributed by atoms with van der Waals surface area (Å²) in [5, 5.41) is 3.53. The Balaban J connectivity index is 2.42. The highest BCUT2D eigenvalue weighted by Gasteiger charge is 2.15. The number of hydrogen-bond acceptors (Lipinski definition) is 1. The summed E-state index contributed by atoms with van der Waals surface area (Å²) in [6.45, 7) is 4.44. The lowest BCUT2D eigenvalue weighted by molar-refractivity contribution is 0.824. The summed E-state index contributed by atoms with van der Waals surface area (Å²) in [6.07, 6.45) is 4.63. The second-order valence-electron chi connectivity index (χ2n) is 3.75. The van der Waals surface area contributed by atoms with Crippen LogP contribution in [0.2, 0.25) is 0 Å². The van der Waals surface area contributed by atoms with Crippen molar-refractivity contribution in [2.45, 2.75) is 32.7 Å². The van der Waals surface area contributed by atoms with Crippen molar-refractivity contribution in [3.63, 3.8) is 0 Å². The van der Waals surface area contributed by atoms with E-state index < -0.39 is 0 Å². The highest BCUT2D eigenvalue weighted by molar-refractivity contribution is 5.79. The van der Waals surface area contributed by atoms with E-state index in [9.17, 15) is 0 Å². The molecule has 1 heterocycles. The first-order valence-corrected chi connectivity index (χ1v) is 5.41. The van der Waals surface area contributed by atoms with Gasteiger partial charge in [-0.15, -0.1) is 0 Å². The molecule has 2 rings (SSSR count). The summed E-state index contributed by atoms with van der Waals surface area (Å²) in [6, 6.07) is 9.08. The van der Waals surface area contributed by atoms with Crippen LogP contribution in [0.25, 0.3) is 5.57 Å². The molecule has 1 nitrogen and oxygen atoms in total. The number of allylic oxidation sites excluding steroid dienone is 1. The molecule has 1 unspecified atom stereocenters. The fourth-order valence-corrected chi connectivity index (χ4v) is 1.99. The molecule has 0 spiro atoms. The maximum Gasteiger partial charge on any atom is 0.0447 e. The van der Waals surface area contributed by atoms with Gasteiger partial charge in [-0.2, -0.15) is 0 Å². The zero-order valence-electron chi connectivity index (χ0n) is 8.88. The molecule has 0 saturated heterocycles. The predicted octanol–water partition coefficient (Wildman–Crippen LogP) is 3.68. The van der Waals surface area contributed by atoms with Crippen LogP contribution in [0.1, 0.15) is 32.3 Å². The van der Waals surface area contributed by atoms with E-state index in [1.165, 1.54) is 16.8 Å². The molecule has 1 aromatic rings. The van der Waals surface area contributed by atoms with Gasteiger partial charge in [0, 0.05) is 17.3 Å². The Labute approximate surface area is 85.8 Å². The summed E-state index contributed by atoms with van der Waals surface area (Å²) in [4.78, 5) is 0. The van der Waals surface area contributed by atoms with E-state index in [4.69, 9.17) is 0 Å². The summed E-state index contributed by atoms with van der Waals surface area (Å²) < 4.78 is 0. The first-order chi connectivity index (χ1) is 6.85. The molecule has 14 heavy (non-hydrogen) atoms. The molecular formula is C13H17N. The molecule has 74 valence electrons. The Kier molecular flexibility index (Phi) is 2.58. The first kappa shape index (κ1) is 9.32. The Morgan fingerprint density at radius 2 is 2.00 bits per heavy atom. The Bertz CT molecular complexity index is 352. The van der Waals surface area contributed by atoms with E-state index in [1.807, 2.05) is 0 Å². The predicted molar refractivity (Wildman–Crippen MR) is 62.4 cm³/mol. The zero-order chi connectivity index (χ0) is 9.97. The third kappa shape index (κ3) is 1.54. The normalized spacial score (nSPS) is 19.6. The number of nitrogens with one attached hydrogen (secondary N) is 1. The largest absolute Gasteiger partial charge is 0.378 e. The molecule has 1 heteroatoms. The van der Waals surface area contributed by atoms with Crippen LogP contribution in [-0.4, -0.2) is 6.04 Å². The van der Waals surface area contributed by atoms with Gasteiger partial charge < -0.3 is 5.32 Å². The molecule has 0 radical (unpaired) electrons. The van der Waals surface area contributed by atoms with E-state index in [0.29, 0.717) is 6.04 Å². The molecule has 1 aliphatic rings. The lowest BCUT2D eigenvalue weighted by Crippen LogP contribution is -2.20. The molecule has 1 aromatic carbocycles. The van der Waals surface area contributed by atoms with Crippen LogP contribution >= 0.6 is 0 Å². The average molecular weight is 187 g/mol. The molecule has 0 amide bonds. The standard InChI is InChI=1S/C13H17N/c1-3-10-9-11(4-2)14-13-8-6-5-7-12(10)13/h5-9,11,14H,3-4H2,1-2H3. The third-order valence-electron chi connectivity index (χ3n) is 2.84. The van der Waals surface area contributed by atoms with Gasteiger partial charge in [0.25, 0.3) is 0 Å². The third-order valence-corrected chi connectivity index (χ3v) is 2.84. The summed E-state index contributed by atoms with van der Waals surface area (Å²) in [5.41, 5.74) is 4.14. The topological polar surface area (TPSA) is 12.0 Å². The molecule has 0 fully saturated rings. The second-order valence-corrected chi connectivity index (χ2v) is 3.75. The number of hydrogen-bond donors (Lipinski definition) is 1. The van der Waals surface area contributed by atoms with Gasteiger partial charge >= 0.3 is 0 Å². The van der Waals surface area contributed by atoms with Crippen molar-refractivity contribution < 1.29 is 0 Å². The van der Waals surface area contributed by atoms with Crippen LogP contribution < -0.4 is 5.32 Å². The van der Waals surface area contributed by atoms with Crippen molar-refractivity contribution in [1.82, 2.24) is 0 Å². The first-order valence-electron chi connectivity index (χ1n) is 5.41. The highest BCUT2D eigenvalue weighted by atomic mass is 14.9. The van der Waals surface area contributed by atoms with Crippen LogP contribution in [0.4, 0.5) is 5.69 Å². The Morgan fingerprint density at radius 1 is 1.21 bits per heavy atom. The van der Waals surface area contributed by atoms with E-state index in [-0.39, 0.29) is 0 Å². The minimum absolute atomic E-state index is 0.514. The lowest BCUT2D eigenvalue weighted by atomic mass is 9.94. The smallest absolute Gasteiger partial charge is 0.0447 e. The molecule has 0 bridgehead atoms. The highest BCUT2D eigenvalue weighted by Crippen LogP contribution is 2.31. The molecule has 1 aliphatic heterocycles. The van der Waals surface area contributed by atoms with Crippen LogP contribution in [0.15, 0.2) is 30.3 Å². The maximum atomic E-state index is 3.53. The molecule has 1 atom stereocenters. The van der Waals surface area contributed by atoms with Crippen molar-refractivity contribution in [2.75, 3.05) is 5.32 Å². The van der Waals surface area contributed by atoms with E-state index in [0.717, 1.165) is 12.8 Å². The van der Waals surface area contributed by atoms with E-state index >= 15 is 0 Å². The monoisotopic (exact) mass is 187 g/mol. The van der Waals surface area contributed by atoms with Crippen molar-refractivity contribution in [2.24, 2.45) is 0 Å². The van der Waals surface area contributed by atoms with Crippen LogP contribution in [0.3, 0.4) is 0 Å². The second kappa shape index (κ2) is 3.87. The quantitative estimate of drug-likeness (QED) is 0.744. The van der Waals surface area contributed by atoms with Gasteiger partial charge in [0.05, 0.1) is 0 Å². The number of benzene rings is 1. The average Bonchev–Trinajstić information content (AvgIpc) is 2.27. The van der Waals surface area contributed by atoms with Gasteiger partial charge in [0.1, 0.15) is 0 Å². The maximum absolute atomic E-state index is 3.53. The molecule has 1 N–H and O–H groups in total. The minimum Gasteiger partial charge on any atom is -0.378 e. The summed E-state index contributed by atoms with van der Waals surface area (Å²) in [5.74, 6) is 0. The van der Waals surface area contributed by atoms with Gasteiger partial charge in [-0.25, -0.2) is 0 Å². The van der Waals surface area contributed by atoms with Gasteiger partial charge in [-0.1, -0.05) is 38.1 Å². The number of para-hydroxylation sites is 1. The van der Waals surface area contributed by atoms with Crippen molar-refractivity contribution in [1.29, 1.82) is 0 Å². The molecular weight excluding hydrogens is 170 g/mol. The van der Waals surface area contributed by atoms with Crippen molar-refractivity contribution in [3.8, 4) is 0 Å². The van der Waals surface area contributed by atoms with Crippen LogP contribution in [-0.2, 0) is 0 Å². The fourth-order valence-electron chi connectivity index (χ4n) is 1.99. The van der Waals surface area contributed by atoms with Gasteiger partial charge in [0.15, 0.2) is 0 Å². The number of fused-ring (bicyclic) bond motifs is 1. The van der Waals surface area contributed by atoms with E-state index in [1.54, 1.807) is 0 Å². The lowest BCUT2D eigenvalue weighted by Gasteiger charge is -2.25. The Hall–Kier alpha value is -1.24. The molecule has 0 aromatic heterocycles. The molecule has 0 saturated carbocycles. The minimum atomic E-state index is 0.514. The van der Waals surface area contributed by atoms with Gasteiger partial charge in [0.2, 0.25) is 0 Å². The fraction of sp³-hybridized carbons (Fsp3) is 0.385.